The second-order valence-electron chi connectivity index (χ2n) is 5.55. The van der Waals surface area contributed by atoms with E-state index in [1.54, 1.807) is 42.5 Å². The maximum atomic E-state index is 12.0. The molecule has 0 aliphatic rings. The molecular weight excluding hydrogens is 334 g/mol. The van der Waals surface area contributed by atoms with Crippen LogP contribution in [-0.4, -0.2) is 32.2 Å². The summed E-state index contributed by atoms with van der Waals surface area (Å²) in [6.07, 6.45) is 1.81. The van der Waals surface area contributed by atoms with Gasteiger partial charge < -0.3 is 19.5 Å². The Balaban J connectivity index is 1.84. The molecule has 0 aliphatic carbocycles. The summed E-state index contributed by atoms with van der Waals surface area (Å²) in [4.78, 5) is 23.8. The van der Waals surface area contributed by atoms with Crippen LogP contribution in [0.2, 0.25) is 0 Å². The summed E-state index contributed by atoms with van der Waals surface area (Å²) in [5.74, 6) is 0.381. The smallest absolute Gasteiger partial charge is 0.338 e. The molecule has 2 rings (SSSR count). The molecule has 0 heterocycles. The lowest BCUT2D eigenvalue weighted by Crippen LogP contribution is -2.20. The van der Waals surface area contributed by atoms with Gasteiger partial charge in [0.2, 0.25) is 0 Å². The number of rotatable bonds is 9. The summed E-state index contributed by atoms with van der Waals surface area (Å²) in [7, 11) is 1.54. The third kappa shape index (κ3) is 5.81. The summed E-state index contributed by atoms with van der Waals surface area (Å²) in [6.45, 7) is 2.29. The van der Waals surface area contributed by atoms with Gasteiger partial charge in [-0.05, 0) is 42.8 Å². The zero-order chi connectivity index (χ0) is 18.8. The van der Waals surface area contributed by atoms with Crippen molar-refractivity contribution in [3.05, 3.63) is 54.1 Å². The van der Waals surface area contributed by atoms with E-state index in [4.69, 9.17) is 14.2 Å². The highest BCUT2D eigenvalue weighted by molar-refractivity contribution is 5.93. The van der Waals surface area contributed by atoms with Crippen molar-refractivity contribution in [1.29, 1.82) is 0 Å². The lowest BCUT2D eigenvalue weighted by Gasteiger charge is -2.10. The first kappa shape index (κ1) is 19.3. The quantitative estimate of drug-likeness (QED) is 0.547. The van der Waals surface area contributed by atoms with Crippen molar-refractivity contribution in [2.45, 2.75) is 19.8 Å². The fourth-order valence-electron chi connectivity index (χ4n) is 2.16. The molecule has 0 bridgehead atoms. The minimum atomic E-state index is -0.365. The van der Waals surface area contributed by atoms with Crippen LogP contribution in [0.1, 0.15) is 30.1 Å². The number of hydrogen-bond donors (Lipinski definition) is 1. The van der Waals surface area contributed by atoms with Gasteiger partial charge in [0.1, 0.15) is 0 Å². The van der Waals surface area contributed by atoms with Crippen molar-refractivity contribution in [1.82, 2.24) is 0 Å². The molecule has 0 saturated heterocycles. The summed E-state index contributed by atoms with van der Waals surface area (Å²) in [6, 6.07) is 13.6. The molecule has 138 valence electrons. The molecule has 2 aromatic rings. The summed E-state index contributed by atoms with van der Waals surface area (Å²) in [5, 5.41) is 2.71. The van der Waals surface area contributed by atoms with E-state index >= 15 is 0 Å². The number of para-hydroxylation sites is 2. The molecule has 0 spiro atoms. The Morgan fingerprint density at radius 2 is 1.69 bits per heavy atom. The van der Waals surface area contributed by atoms with Crippen molar-refractivity contribution >= 4 is 17.6 Å². The number of ether oxygens (including phenoxy) is 3. The maximum absolute atomic E-state index is 12.0. The van der Waals surface area contributed by atoms with Gasteiger partial charge in [0, 0.05) is 5.69 Å². The highest BCUT2D eigenvalue weighted by Gasteiger charge is 2.09. The fourth-order valence-corrected chi connectivity index (χ4v) is 2.16. The molecule has 1 N–H and O–H groups in total. The predicted molar refractivity (Wildman–Crippen MR) is 98.8 cm³/mol. The minimum Gasteiger partial charge on any atom is -0.493 e. The Hall–Kier alpha value is -3.02. The summed E-state index contributed by atoms with van der Waals surface area (Å²) in [5.41, 5.74) is 1.02. The third-order valence-corrected chi connectivity index (χ3v) is 3.56. The molecule has 6 heteroatoms. The molecule has 2 aromatic carbocycles. The normalized spacial score (nSPS) is 10.1. The number of esters is 1. The van der Waals surface area contributed by atoms with Gasteiger partial charge in [0.25, 0.3) is 5.91 Å². The van der Waals surface area contributed by atoms with Crippen molar-refractivity contribution in [2.24, 2.45) is 0 Å². The molecule has 0 aliphatic heterocycles. The standard InChI is InChI=1S/C20H23NO5/c1-3-4-13-25-20(23)15-9-11-16(12-10-15)21-19(22)14-26-18-8-6-5-7-17(18)24-2/h5-12H,3-4,13-14H2,1-2H3,(H,21,22). The first-order valence-electron chi connectivity index (χ1n) is 8.47. The number of anilines is 1. The van der Waals surface area contributed by atoms with E-state index < -0.39 is 0 Å². The number of unbranched alkanes of at least 4 members (excludes halogenated alkanes) is 1. The van der Waals surface area contributed by atoms with E-state index in [1.165, 1.54) is 7.11 Å². The summed E-state index contributed by atoms with van der Waals surface area (Å²) < 4.78 is 15.8. The van der Waals surface area contributed by atoms with E-state index in [-0.39, 0.29) is 18.5 Å². The number of carbonyl (C=O) groups excluding carboxylic acids is 2. The van der Waals surface area contributed by atoms with Gasteiger partial charge in [0.05, 0.1) is 19.3 Å². The SMILES string of the molecule is CCCCOC(=O)c1ccc(NC(=O)COc2ccccc2OC)cc1. The number of carbonyl (C=O) groups is 2. The molecular formula is C20H23NO5. The number of amides is 1. The second-order valence-corrected chi connectivity index (χ2v) is 5.55. The van der Waals surface area contributed by atoms with Crippen molar-refractivity contribution in [3.8, 4) is 11.5 Å². The number of hydrogen-bond acceptors (Lipinski definition) is 5. The molecule has 0 radical (unpaired) electrons. The molecule has 6 nitrogen and oxygen atoms in total. The second kappa shape index (κ2) is 10.1. The highest BCUT2D eigenvalue weighted by Crippen LogP contribution is 2.25. The van der Waals surface area contributed by atoms with Crippen LogP contribution in [0.3, 0.4) is 0 Å². The van der Waals surface area contributed by atoms with E-state index in [2.05, 4.69) is 5.32 Å². The third-order valence-electron chi connectivity index (χ3n) is 3.56. The average Bonchev–Trinajstić information content (AvgIpc) is 2.67. The van der Waals surface area contributed by atoms with Crippen LogP contribution in [0.25, 0.3) is 0 Å². The molecule has 0 saturated carbocycles. The first-order valence-corrected chi connectivity index (χ1v) is 8.47. The van der Waals surface area contributed by atoms with E-state index in [0.29, 0.717) is 29.4 Å². The van der Waals surface area contributed by atoms with Crippen LogP contribution >= 0.6 is 0 Å². The lowest BCUT2D eigenvalue weighted by atomic mass is 10.2. The Kier molecular flexibility index (Phi) is 7.49. The molecule has 1 amide bonds. The van der Waals surface area contributed by atoms with E-state index in [0.717, 1.165) is 12.8 Å². The molecule has 0 aromatic heterocycles. The van der Waals surface area contributed by atoms with Crippen LogP contribution in [0.4, 0.5) is 5.69 Å². The lowest BCUT2D eigenvalue weighted by molar-refractivity contribution is -0.118. The summed E-state index contributed by atoms with van der Waals surface area (Å²) >= 11 is 0. The van der Waals surface area contributed by atoms with Gasteiger partial charge in [-0.15, -0.1) is 0 Å². The van der Waals surface area contributed by atoms with Gasteiger partial charge in [-0.2, -0.15) is 0 Å². The number of nitrogens with one attached hydrogen (secondary N) is 1. The highest BCUT2D eigenvalue weighted by atomic mass is 16.5. The Bertz CT molecular complexity index is 727. The van der Waals surface area contributed by atoms with Crippen molar-refractivity contribution < 1.29 is 23.8 Å². The van der Waals surface area contributed by atoms with E-state index in [1.807, 2.05) is 13.0 Å². The number of methoxy groups -OCH3 is 1. The van der Waals surface area contributed by atoms with Gasteiger partial charge in [-0.1, -0.05) is 25.5 Å². The van der Waals surface area contributed by atoms with Crippen LogP contribution in [-0.2, 0) is 9.53 Å². The van der Waals surface area contributed by atoms with Crippen molar-refractivity contribution in [2.75, 3.05) is 25.6 Å². The van der Waals surface area contributed by atoms with Gasteiger partial charge in [-0.25, -0.2) is 4.79 Å². The van der Waals surface area contributed by atoms with Crippen molar-refractivity contribution in [3.63, 3.8) is 0 Å². The van der Waals surface area contributed by atoms with Gasteiger partial charge in [0.15, 0.2) is 18.1 Å². The zero-order valence-corrected chi connectivity index (χ0v) is 15.0. The Morgan fingerprint density at radius 1 is 1.00 bits per heavy atom. The largest absolute Gasteiger partial charge is 0.493 e. The van der Waals surface area contributed by atoms with Crippen LogP contribution in [0.5, 0.6) is 11.5 Å². The predicted octanol–water partition coefficient (Wildman–Crippen LogP) is 3.67. The first-order chi connectivity index (χ1) is 12.6. The maximum Gasteiger partial charge on any atom is 0.338 e. The van der Waals surface area contributed by atoms with E-state index in [9.17, 15) is 9.59 Å². The molecule has 26 heavy (non-hydrogen) atoms. The Labute approximate surface area is 153 Å². The average molecular weight is 357 g/mol. The topological polar surface area (TPSA) is 73.9 Å². The molecule has 0 fully saturated rings. The van der Waals surface area contributed by atoms with Crippen LogP contribution < -0.4 is 14.8 Å². The monoisotopic (exact) mass is 357 g/mol. The minimum absolute atomic E-state index is 0.152. The molecule has 0 unspecified atom stereocenters. The fraction of sp³-hybridized carbons (Fsp3) is 0.300. The van der Waals surface area contributed by atoms with Gasteiger partial charge >= 0.3 is 5.97 Å². The number of benzene rings is 2. The van der Waals surface area contributed by atoms with Gasteiger partial charge in [-0.3, -0.25) is 4.79 Å². The zero-order valence-electron chi connectivity index (χ0n) is 15.0. The Morgan fingerprint density at radius 3 is 2.35 bits per heavy atom. The van der Waals surface area contributed by atoms with Crippen LogP contribution in [0.15, 0.2) is 48.5 Å². The molecule has 0 atom stereocenters. The van der Waals surface area contributed by atoms with Crippen LogP contribution in [0, 0.1) is 0 Å².